The van der Waals surface area contributed by atoms with Crippen molar-refractivity contribution in [1.82, 2.24) is 10.2 Å². The Balaban J connectivity index is 1.57. The van der Waals surface area contributed by atoms with E-state index in [4.69, 9.17) is 10.5 Å². The fourth-order valence-electron chi connectivity index (χ4n) is 2.40. The molecule has 0 aliphatic carbocycles. The van der Waals surface area contributed by atoms with Crippen molar-refractivity contribution in [3.63, 3.8) is 0 Å². The largest absolute Gasteiger partial charge is 0.379 e. The van der Waals surface area contributed by atoms with Gasteiger partial charge in [0.15, 0.2) is 5.96 Å². The van der Waals surface area contributed by atoms with Crippen molar-refractivity contribution in [2.75, 3.05) is 45.9 Å². The lowest BCUT2D eigenvalue weighted by Gasteiger charge is -2.26. The first-order valence-corrected chi connectivity index (χ1v) is 9.17. The van der Waals surface area contributed by atoms with E-state index in [2.05, 4.69) is 46.4 Å². The second-order valence-electron chi connectivity index (χ2n) is 5.70. The predicted octanol–water partition coefficient (Wildman–Crippen LogP) is 1.79. The Labute approximate surface area is 143 Å². The van der Waals surface area contributed by atoms with Gasteiger partial charge in [0, 0.05) is 29.8 Å². The molecule has 1 saturated heterocycles. The average Bonchev–Trinajstić information content (AvgIpc) is 2.59. The number of hydrogen-bond acceptors (Lipinski definition) is 4. The molecule has 0 saturated carbocycles. The molecular formula is C17H28N4OS. The molecule has 1 aliphatic heterocycles. The van der Waals surface area contributed by atoms with Crippen molar-refractivity contribution < 1.29 is 4.74 Å². The highest BCUT2D eigenvalue weighted by Gasteiger charge is 2.09. The Morgan fingerprint density at radius 1 is 1.35 bits per heavy atom. The molecule has 1 unspecified atom stereocenters. The molecule has 1 aromatic rings. The van der Waals surface area contributed by atoms with Gasteiger partial charge in [-0.05, 0) is 25.1 Å². The van der Waals surface area contributed by atoms with Crippen LogP contribution in [0.25, 0.3) is 0 Å². The molecule has 5 nitrogen and oxygen atoms in total. The van der Waals surface area contributed by atoms with E-state index in [1.165, 1.54) is 4.90 Å². The van der Waals surface area contributed by atoms with Crippen LogP contribution in [0.5, 0.6) is 0 Å². The molecule has 1 fully saturated rings. The molecule has 128 valence electrons. The number of hydrogen-bond donors (Lipinski definition) is 2. The fourth-order valence-corrected chi connectivity index (χ4v) is 3.32. The van der Waals surface area contributed by atoms with Crippen molar-refractivity contribution >= 4 is 17.7 Å². The normalized spacial score (nSPS) is 17.9. The Morgan fingerprint density at radius 3 is 2.83 bits per heavy atom. The highest BCUT2D eigenvalue weighted by molar-refractivity contribution is 8.00. The van der Waals surface area contributed by atoms with Crippen molar-refractivity contribution in [2.24, 2.45) is 10.7 Å². The number of nitrogens with zero attached hydrogens (tertiary/aromatic N) is 2. The molecule has 1 aliphatic rings. The van der Waals surface area contributed by atoms with Gasteiger partial charge in [-0.3, -0.25) is 9.89 Å². The van der Waals surface area contributed by atoms with Crippen molar-refractivity contribution in [2.45, 2.75) is 23.5 Å². The average molecular weight is 337 g/mol. The third-order valence-electron chi connectivity index (χ3n) is 3.66. The number of rotatable bonds is 8. The summed E-state index contributed by atoms with van der Waals surface area (Å²) < 4.78 is 5.34. The Bertz CT molecular complexity index is 463. The Hall–Kier alpha value is -1.24. The highest BCUT2D eigenvalue weighted by Crippen LogP contribution is 2.22. The van der Waals surface area contributed by atoms with Crippen molar-refractivity contribution in [1.29, 1.82) is 0 Å². The number of ether oxygens (including phenoxy) is 1. The van der Waals surface area contributed by atoms with Crippen LogP contribution in [0.3, 0.4) is 0 Å². The van der Waals surface area contributed by atoms with Crippen LogP contribution in [0.2, 0.25) is 0 Å². The molecule has 2 rings (SSSR count). The molecule has 1 atom stereocenters. The summed E-state index contributed by atoms with van der Waals surface area (Å²) in [5.41, 5.74) is 5.93. The number of benzene rings is 1. The molecule has 6 heteroatoms. The van der Waals surface area contributed by atoms with Crippen molar-refractivity contribution in [3.05, 3.63) is 30.3 Å². The van der Waals surface area contributed by atoms with E-state index >= 15 is 0 Å². The molecule has 3 N–H and O–H groups in total. The van der Waals surface area contributed by atoms with Crippen LogP contribution in [-0.4, -0.2) is 62.0 Å². The minimum atomic E-state index is 0.408. The maximum absolute atomic E-state index is 5.93. The smallest absolute Gasteiger partial charge is 0.188 e. The summed E-state index contributed by atoms with van der Waals surface area (Å²) in [5.74, 6) is 0.549. The third kappa shape index (κ3) is 7.72. The van der Waals surface area contributed by atoms with Gasteiger partial charge in [0.1, 0.15) is 0 Å². The van der Waals surface area contributed by atoms with Crippen LogP contribution in [0.4, 0.5) is 0 Å². The van der Waals surface area contributed by atoms with E-state index in [0.717, 1.165) is 52.4 Å². The van der Waals surface area contributed by atoms with E-state index in [1.807, 2.05) is 17.8 Å². The predicted molar refractivity (Wildman–Crippen MR) is 98.1 cm³/mol. The van der Waals surface area contributed by atoms with Gasteiger partial charge in [0.25, 0.3) is 0 Å². The lowest BCUT2D eigenvalue weighted by atomic mass is 10.3. The number of aliphatic imine (C=N–C) groups is 1. The van der Waals surface area contributed by atoms with Crippen LogP contribution in [0.15, 0.2) is 40.2 Å². The van der Waals surface area contributed by atoms with Gasteiger partial charge in [-0.25, -0.2) is 0 Å². The number of nitrogens with two attached hydrogens (primary N) is 1. The molecule has 0 spiro atoms. The van der Waals surface area contributed by atoms with Gasteiger partial charge in [-0.15, -0.1) is 11.8 Å². The zero-order chi connectivity index (χ0) is 16.3. The number of thioether (sulfide) groups is 1. The number of nitrogens with one attached hydrogen (secondary N) is 1. The molecule has 0 amide bonds. The van der Waals surface area contributed by atoms with E-state index in [9.17, 15) is 0 Å². The van der Waals surface area contributed by atoms with Gasteiger partial charge in [-0.2, -0.15) is 0 Å². The van der Waals surface area contributed by atoms with Gasteiger partial charge in [-0.1, -0.05) is 25.1 Å². The third-order valence-corrected chi connectivity index (χ3v) is 4.76. The molecular weight excluding hydrogens is 308 g/mol. The second-order valence-corrected chi connectivity index (χ2v) is 7.21. The molecule has 23 heavy (non-hydrogen) atoms. The second kappa shape index (κ2) is 10.5. The van der Waals surface area contributed by atoms with Gasteiger partial charge < -0.3 is 15.8 Å². The zero-order valence-electron chi connectivity index (χ0n) is 13.9. The lowest BCUT2D eigenvalue weighted by Crippen LogP contribution is -2.39. The summed E-state index contributed by atoms with van der Waals surface area (Å²) in [7, 11) is 0. The molecule has 0 aromatic heterocycles. The van der Waals surface area contributed by atoms with Crippen LogP contribution in [-0.2, 0) is 4.74 Å². The molecule has 1 aromatic carbocycles. The summed E-state index contributed by atoms with van der Waals surface area (Å²) in [6.45, 7) is 8.64. The van der Waals surface area contributed by atoms with Gasteiger partial charge >= 0.3 is 0 Å². The minimum absolute atomic E-state index is 0.408. The molecule has 1 heterocycles. The van der Waals surface area contributed by atoms with Gasteiger partial charge in [0.2, 0.25) is 0 Å². The summed E-state index contributed by atoms with van der Waals surface area (Å²) in [5, 5.41) is 3.61. The van der Waals surface area contributed by atoms with E-state index in [-0.39, 0.29) is 0 Å². The SMILES string of the molecule is CC(CN=C(N)NCCCN1CCOCC1)Sc1ccccc1. The summed E-state index contributed by atoms with van der Waals surface area (Å²) in [6, 6.07) is 10.4. The van der Waals surface area contributed by atoms with E-state index in [1.54, 1.807) is 0 Å². The first-order chi connectivity index (χ1) is 11.2. The molecule has 0 radical (unpaired) electrons. The quantitative estimate of drug-likeness (QED) is 0.328. The first kappa shape index (κ1) is 18.1. The van der Waals surface area contributed by atoms with Crippen molar-refractivity contribution in [3.8, 4) is 0 Å². The monoisotopic (exact) mass is 336 g/mol. The molecule has 0 bridgehead atoms. The lowest BCUT2D eigenvalue weighted by molar-refractivity contribution is 0.0376. The summed E-state index contributed by atoms with van der Waals surface area (Å²) in [4.78, 5) is 8.13. The van der Waals surface area contributed by atoms with E-state index < -0.39 is 0 Å². The summed E-state index contributed by atoms with van der Waals surface area (Å²) >= 11 is 1.82. The minimum Gasteiger partial charge on any atom is -0.379 e. The standard InChI is InChI=1S/C17H28N4OS/c1-15(23-16-6-3-2-4-7-16)14-20-17(18)19-8-5-9-21-10-12-22-13-11-21/h2-4,6-7,15H,5,8-14H2,1H3,(H3,18,19,20). The fraction of sp³-hybridized carbons (Fsp3) is 0.588. The Morgan fingerprint density at radius 2 is 2.09 bits per heavy atom. The number of guanidine groups is 1. The van der Waals surface area contributed by atoms with Crippen LogP contribution >= 0.6 is 11.8 Å². The maximum atomic E-state index is 5.93. The number of morpholine rings is 1. The van der Waals surface area contributed by atoms with Crippen LogP contribution in [0.1, 0.15) is 13.3 Å². The van der Waals surface area contributed by atoms with Crippen LogP contribution in [0, 0.1) is 0 Å². The van der Waals surface area contributed by atoms with E-state index in [0.29, 0.717) is 11.2 Å². The zero-order valence-corrected chi connectivity index (χ0v) is 14.7. The van der Waals surface area contributed by atoms with Gasteiger partial charge in [0.05, 0.1) is 19.8 Å². The summed E-state index contributed by atoms with van der Waals surface area (Å²) in [6.07, 6.45) is 1.07. The highest BCUT2D eigenvalue weighted by atomic mass is 32.2. The first-order valence-electron chi connectivity index (χ1n) is 8.29. The topological polar surface area (TPSA) is 62.9 Å². The Kier molecular flexibility index (Phi) is 8.28. The maximum Gasteiger partial charge on any atom is 0.188 e. The van der Waals surface area contributed by atoms with Crippen LogP contribution < -0.4 is 11.1 Å².